The second-order valence-electron chi connectivity index (χ2n) is 4.07. The molecule has 2 aromatic carbocycles. The molecule has 18 heavy (non-hydrogen) atoms. The van der Waals surface area contributed by atoms with Crippen LogP contribution in [0.5, 0.6) is 0 Å². The molecule has 0 saturated carbocycles. The highest BCUT2D eigenvalue weighted by Crippen LogP contribution is 2.16. The van der Waals surface area contributed by atoms with Gasteiger partial charge in [0.15, 0.2) is 0 Å². The molecule has 1 amide bonds. The van der Waals surface area contributed by atoms with Crippen LogP contribution in [0.4, 0.5) is 15.8 Å². The second kappa shape index (κ2) is 4.87. The third kappa shape index (κ3) is 2.66. The average molecular weight is 244 g/mol. The van der Waals surface area contributed by atoms with Crippen molar-refractivity contribution in [2.45, 2.75) is 6.92 Å². The molecule has 0 aromatic heterocycles. The summed E-state index contributed by atoms with van der Waals surface area (Å²) in [7, 11) is 0. The molecule has 92 valence electrons. The first-order chi connectivity index (χ1) is 8.56. The number of carbonyl (C=O) groups excluding carboxylic acids is 1. The smallest absolute Gasteiger partial charge is 0.255 e. The zero-order valence-corrected chi connectivity index (χ0v) is 9.91. The van der Waals surface area contributed by atoms with E-state index in [4.69, 9.17) is 5.73 Å². The van der Waals surface area contributed by atoms with Gasteiger partial charge < -0.3 is 11.1 Å². The van der Waals surface area contributed by atoms with Gasteiger partial charge in [-0.3, -0.25) is 4.79 Å². The van der Waals surface area contributed by atoms with E-state index in [2.05, 4.69) is 5.32 Å². The van der Waals surface area contributed by atoms with E-state index in [0.717, 1.165) is 5.56 Å². The van der Waals surface area contributed by atoms with Gasteiger partial charge in [0, 0.05) is 11.3 Å². The van der Waals surface area contributed by atoms with E-state index in [9.17, 15) is 9.18 Å². The van der Waals surface area contributed by atoms with Gasteiger partial charge in [0.05, 0.1) is 5.69 Å². The van der Waals surface area contributed by atoms with Crippen LogP contribution in [-0.4, -0.2) is 5.91 Å². The highest BCUT2D eigenvalue weighted by atomic mass is 19.1. The molecule has 0 fully saturated rings. The van der Waals surface area contributed by atoms with Crippen molar-refractivity contribution in [3.8, 4) is 0 Å². The molecule has 0 aliphatic heterocycles. The molecule has 0 aliphatic rings. The third-order valence-corrected chi connectivity index (χ3v) is 2.48. The summed E-state index contributed by atoms with van der Waals surface area (Å²) in [5.41, 5.74) is 7.63. The van der Waals surface area contributed by atoms with Crippen molar-refractivity contribution in [3.05, 3.63) is 59.4 Å². The molecular weight excluding hydrogens is 231 g/mol. The maximum absolute atomic E-state index is 13.4. The zero-order chi connectivity index (χ0) is 13.1. The largest absolute Gasteiger partial charge is 0.399 e. The van der Waals surface area contributed by atoms with Gasteiger partial charge in [-0.2, -0.15) is 0 Å². The fourth-order valence-electron chi connectivity index (χ4n) is 1.70. The van der Waals surface area contributed by atoms with Crippen molar-refractivity contribution in [1.82, 2.24) is 0 Å². The minimum absolute atomic E-state index is 0.155. The Morgan fingerprint density at radius 3 is 2.61 bits per heavy atom. The van der Waals surface area contributed by atoms with Gasteiger partial charge in [0.2, 0.25) is 0 Å². The fourth-order valence-corrected chi connectivity index (χ4v) is 1.70. The van der Waals surface area contributed by atoms with Gasteiger partial charge in [-0.25, -0.2) is 4.39 Å². The Morgan fingerprint density at radius 2 is 1.94 bits per heavy atom. The summed E-state index contributed by atoms with van der Waals surface area (Å²) in [6, 6.07) is 11.0. The van der Waals surface area contributed by atoms with Gasteiger partial charge in [-0.05, 0) is 42.8 Å². The van der Waals surface area contributed by atoms with E-state index in [1.807, 2.05) is 6.92 Å². The number of amides is 1. The Labute approximate surface area is 104 Å². The van der Waals surface area contributed by atoms with Gasteiger partial charge in [0.1, 0.15) is 5.82 Å². The van der Waals surface area contributed by atoms with E-state index in [-0.39, 0.29) is 11.6 Å². The lowest BCUT2D eigenvalue weighted by Gasteiger charge is -2.07. The van der Waals surface area contributed by atoms with E-state index in [1.165, 1.54) is 12.1 Å². The van der Waals surface area contributed by atoms with Crippen LogP contribution in [0.1, 0.15) is 15.9 Å². The normalized spacial score (nSPS) is 10.1. The van der Waals surface area contributed by atoms with E-state index >= 15 is 0 Å². The Hall–Kier alpha value is -2.36. The highest BCUT2D eigenvalue weighted by molar-refractivity contribution is 6.04. The Kier molecular flexibility index (Phi) is 3.28. The van der Waals surface area contributed by atoms with E-state index in [0.29, 0.717) is 11.3 Å². The maximum Gasteiger partial charge on any atom is 0.255 e. The van der Waals surface area contributed by atoms with Crippen molar-refractivity contribution < 1.29 is 9.18 Å². The molecule has 0 radical (unpaired) electrons. The molecular formula is C14H13FN2O. The van der Waals surface area contributed by atoms with Crippen LogP contribution < -0.4 is 11.1 Å². The predicted octanol–water partition coefficient (Wildman–Crippen LogP) is 2.97. The summed E-state index contributed by atoms with van der Waals surface area (Å²) < 4.78 is 13.4. The Balaban J connectivity index is 2.25. The van der Waals surface area contributed by atoms with Gasteiger partial charge in [0.25, 0.3) is 5.91 Å². The summed E-state index contributed by atoms with van der Waals surface area (Å²) in [5, 5.41) is 2.51. The van der Waals surface area contributed by atoms with Crippen molar-refractivity contribution >= 4 is 17.3 Å². The van der Waals surface area contributed by atoms with Crippen molar-refractivity contribution in [1.29, 1.82) is 0 Å². The number of benzene rings is 2. The molecule has 4 heteroatoms. The number of aryl methyl sites for hydroxylation is 1. The van der Waals surface area contributed by atoms with Crippen LogP contribution in [0.2, 0.25) is 0 Å². The topological polar surface area (TPSA) is 55.1 Å². The Bertz CT molecular complexity index is 576. The molecule has 0 heterocycles. The van der Waals surface area contributed by atoms with Gasteiger partial charge in [-0.15, -0.1) is 0 Å². The average Bonchev–Trinajstić information content (AvgIpc) is 2.31. The number of hydrogen-bond acceptors (Lipinski definition) is 2. The fraction of sp³-hybridized carbons (Fsp3) is 0.0714. The molecule has 0 saturated heterocycles. The van der Waals surface area contributed by atoms with Gasteiger partial charge >= 0.3 is 0 Å². The Morgan fingerprint density at radius 1 is 1.22 bits per heavy atom. The quantitative estimate of drug-likeness (QED) is 0.798. The van der Waals surface area contributed by atoms with Crippen LogP contribution in [-0.2, 0) is 0 Å². The molecule has 0 bridgehead atoms. The number of nitrogen functional groups attached to an aromatic ring is 1. The minimum atomic E-state index is -0.466. The number of carbonyl (C=O) groups is 1. The standard InChI is InChI=1S/C14H13FN2O/c1-9-6-10(8-11(16)7-9)14(18)17-13-5-3-2-4-12(13)15/h2-8H,16H2,1H3,(H,17,18). The first-order valence-electron chi connectivity index (χ1n) is 5.49. The lowest BCUT2D eigenvalue weighted by Crippen LogP contribution is -2.13. The molecule has 2 rings (SSSR count). The SMILES string of the molecule is Cc1cc(N)cc(C(=O)Nc2ccccc2F)c1. The van der Waals surface area contributed by atoms with Gasteiger partial charge in [-0.1, -0.05) is 12.1 Å². The maximum atomic E-state index is 13.4. The van der Waals surface area contributed by atoms with E-state index in [1.54, 1.807) is 30.3 Å². The molecule has 0 spiro atoms. The monoisotopic (exact) mass is 244 g/mol. The first-order valence-corrected chi connectivity index (χ1v) is 5.49. The molecule has 0 unspecified atom stereocenters. The lowest BCUT2D eigenvalue weighted by atomic mass is 10.1. The van der Waals surface area contributed by atoms with Crippen LogP contribution in [0.15, 0.2) is 42.5 Å². The third-order valence-electron chi connectivity index (χ3n) is 2.48. The van der Waals surface area contributed by atoms with Crippen LogP contribution in [0, 0.1) is 12.7 Å². The molecule has 0 atom stereocenters. The molecule has 2 aromatic rings. The number of nitrogens with two attached hydrogens (primary N) is 1. The highest BCUT2D eigenvalue weighted by Gasteiger charge is 2.09. The second-order valence-corrected chi connectivity index (χ2v) is 4.07. The number of rotatable bonds is 2. The van der Waals surface area contributed by atoms with E-state index < -0.39 is 5.82 Å². The minimum Gasteiger partial charge on any atom is -0.399 e. The van der Waals surface area contributed by atoms with Crippen LogP contribution >= 0.6 is 0 Å². The molecule has 3 nitrogen and oxygen atoms in total. The summed E-state index contributed by atoms with van der Waals surface area (Å²) in [6.07, 6.45) is 0. The summed E-state index contributed by atoms with van der Waals surface area (Å²) in [4.78, 5) is 11.9. The summed E-state index contributed by atoms with van der Waals surface area (Å²) in [6.45, 7) is 1.84. The molecule has 3 N–H and O–H groups in total. The van der Waals surface area contributed by atoms with Crippen LogP contribution in [0.25, 0.3) is 0 Å². The van der Waals surface area contributed by atoms with Crippen molar-refractivity contribution in [2.24, 2.45) is 0 Å². The number of para-hydroxylation sites is 1. The summed E-state index contributed by atoms with van der Waals surface area (Å²) in [5.74, 6) is -0.845. The predicted molar refractivity (Wildman–Crippen MR) is 69.9 cm³/mol. The number of halogens is 1. The number of hydrogen-bond donors (Lipinski definition) is 2. The summed E-state index contributed by atoms with van der Waals surface area (Å²) >= 11 is 0. The lowest BCUT2D eigenvalue weighted by molar-refractivity contribution is 0.102. The first kappa shape index (κ1) is 12.1. The number of nitrogens with one attached hydrogen (secondary N) is 1. The van der Waals surface area contributed by atoms with Crippen molar-refractivity contribution in [2.75, 3.05) is 11.1 Å². The zero-order valence-electron chi connectivity index (χ0n) is 9.91. The van der Waals surface area contributed by atoms with Crippen molar-refractivity contribution in [3.63, 3.8) is 0 Å². The molecule has 0 aliphatic carbocycles. The number of anilines is 2. The van der Waals surface area contributed by atoms with Crippen LogP contribution in [0.3, 0.4) is 0 Å².